The van der Waals surface area contributed by atoms with Gasteiger partial charge in [-0.25, -0.2) is 0 Å². The fraction of sp³-hybridized carbons (Fsp3) is 0.667. The molecule has 84 valence electrons. The lowest BCUT2D eigenvalue weighted by molar-refractivity contribution is -0.0989. The van der Waals surface area contributed by atoms with Crippen LogP contribution < -0.4 is 0 Å². The molecule has 0 amide bonds. The van der Waals surface area contributed by atoms with Crippen molar-refractivity contribution in [2.75, 3.05) is 7.11 Å². The van der Waals surface area contributed by atoms with E-state index in [2.05, 4.69) is 0 Å². The minimum atomic E-state index is -0.331. The van der Waals surface area contributed by atoms with Gasteiger partial charge < -0.3 is 14.3 Å². The molecule has 1 aliphatic carbocycles. The van der Waals surface area contributed by atoms with Crippen molar-refractivity contribution in [2.45, 2.75) is 43.8 Å². The van der Waals surface area contributed by atoms with Crippen molar-refractivity contribution in [2.24, 2.45) is 0 Å². The summed E-state index contributed by atoms with van der Waals surface area (Å²) in [6, 6.07) is 1.89. The van der Waals surface area contributed by atoms with E-state index in [1.807, 2.05) is 6.07 Å². The Morgan fingerprint density at radius 2 is 2.40 bits per heavy atom. The first kappa shape index (κ1) is 10.7. The fourth-order valence-electron chi connectivity index (χ4n) is 2.25. The highest BCUT2D eigenvalue weighted by Crippen LogP contribution is 2.39. The smallest absolute Gasteiger partial charge is 0.0935 e. The first-order valence-electron chi connectivity index (χ1n) is 5.48. The number of methoxy groups -OCH3 is 1. The standard InChI is InChI=1S/C12H18O3/c1-14-12(4-2-5-12)8-11(13)7-10-3-6-15-9-10/h3,6,9,11,13H,2,4-5,7-8H2,1H3. The lowest BCUT2D eigenvalue weighted by atomic mass is 9.75. The zero-order chi connectivity index (χ0) is 10.7. The van der Waals surface area contributed by atoms with Gasteiger partial charge in [0.15, 0.2) is 0 Å². The van der Waals surface area contributed by atoms with E-state index in [1.54, 1.807) is 19.6 Å². The molecule has 1 unspecified atom stereocenters. The summed E-state index contributed by atoms with van der Waals surface area (Å²) in [4.78, 5) is 0. The molecule has 0 aromatic carbocycles. The van der Waals surface area contributed by atoms with E-state index < -0.39 is 0 Å². The molecular weight excluding hydrogens is 192 g/mol. The van der Waals surface area contributed by atoms with Crippen molar-refractivity contribution < 1.29 is 14.3 Å². The topological polar surface area (TPSA) is 42.6 Å². The maximum atomic E-state index is 9.93. The predicted molar refractivity (Wildman–Crippen MR) is 56.6 cm³/mol. The molecule has 1 aromatic rings. The Labute approximate surface area is 90.0 Å². The van der Waals surface area contributed by atoms with E-state index in [0.717, 1.165) is 24.8 Å². The van der Waals surface area contributed by atoms with E-state index >= 15 is 0 Å². The molecule has 3 nitrogen and oxygen atoms in total. The predicted octanol–water partition coefficient (Wildman–Crippen LogP) is 2.14. The maximum Gasteiger partial charge on any atom is 0.0935 e. The summed E-state index contributed by atoms with van der Waals surface area (Å²) in [5.74, 6) is 0. The first-order valence-corrected chi connectivity index (χ1v) is 5.48. The summed E-state index contributed by atoms with van der Waals surface area (Å²) >= 11 is 0. The second-order valence-electron chi connectivity index (χ2n) is 4.43. The molecule has 1 fully saturated rings. The highest BCUT2D eigenvalue weighted by atomic mass is 16.5. The molecule has 1 saturated carbocycles. The zero-order valence-electron chi connectivity index (χ0n) is 9.11. The molecule has 0 spiro atoms. The van der Waals surface area contributed by atoms with E-state index in [9.17, 15) is 5.11 Å². The third-order valence-corrected chi connectivity index (χ3v) is 3.36. The Bertz CT molecular complexity index is 282. The van der Waals surface area contributed by atoms with E-state index in [1.165, 1.54) is 6.42 Å². The summed E-state index contributed by atoms with van der Waals surface area (Å²) in [6.07, 6.45) is 7.74. The van der Waals surface area contributed by atoms with Gasteiger partial charge in [0.1, 0.15) is 0 Å². The molecule has 1 N–H and O–H groups in total. The molecule has 0 saturated heterocycles. The van der Waals surface area contributed by atoms with Crippen LogP contribution in [0.1, 0.15) is 31.2 Å². The third-order valence-electron chi connectivity index (χ3n) is 3.36. The second-order valence-corrected chi connectivity index (χ2v) is 4.43. The first-order chi connectivity index (χ1) is 7.24. The number of furan rings is 1. The molecular formula is C12H18O3. The molecule has 0 radical (unpaired) electrons. The van der Waals surface area contributed by atoms with Gasteiger partial charge in [-0.2, -0.15) is 0 Å². The van der Waals surface area contributed by atoms with Crippen LogP contribution >= 0.6 is 0 Å². The highest BCUT2D eigenvalue weighted by molar-refractivity contribution is 5.07. The molecule has 2 rings (SSSR count). The lowest BCUT2D eigenvalue weighted by Crippen LogP contribution is -2.42. The summed E-state index contributed by atoms with van der Waals surface area (Å²) < 4.78 is 10.4. The molecule has 1 aliphatic rings. The van der Waals surface area contributed by atoms with Crippen LogP contribution in [0.5, 0.6) is 0 Å². The quantitative estimate of drug-likeness (QED) is 0.809. The van der Waals surface area contributed by atoms with Gasteiger partial charge in [-0.15, -0.1) is 0 Å². The summed E-state index contributed by atoms with van der Waals surface area (Å²) in [6.45, 7) is 0. The third kappa shape index (κ3) is 2.41. The largest absolute Gasteiger partial charge is 0.472 e. The molecule has 0 bridgehead atoms. The number of rotatable bonds is 5. The van der Waals surface area contributed by atoms with Gasteiger partial charge in [-0.1, -0.05) is 0 Å². The normalized spacial score (nSPS) is 20.9. The van der Waals surface area contributed by atoms with Crippen LogP contribution in [0.15, 0.2) is 23.0 Å². The van der Waals surface area contributed by atoms with Crippen LogP contribution in [-0.2, 0) is 11.2 Å². The van der Waals surface area contributed by atoms with Crippen LogP contribution in [0.4, 0.5) is 0 Å². The maximum absolute atomic E-state index is 9.93. The Morgan fingerprint density at radius 1 is 1.60 bits per heavy atom. The number of aliphatic hydroxyl groups excluding tert-OH is 1. The SMILES string of the molecule is COC1(CC(O)Cc2ccoc2)CCC1. The molecule has 1 atom stereocenters. The molecule has 3 heteroatoms. The van der Waals surface area contributed by atoms with Crippen LogP contribution in [0, 0.1) is 0 Å². The average Bonchev–Trinajstić information content (AvgIpc) is 2.64. The number of hydrogen-bond acceptors (Lipinski definition) is 3. The van der Waals surface area contributed by atoms with E-state index in [4.69, 9.17) is 9.15 Å². The van der Waals surface area contributed by atoms with Crippen LogP contribution in [0.25, 0.3) is 0 Å². The van der Waals surface area contributed by atoms with Crippen LogP contribution in [0.2, 0.25) is 0 Å². The van der Waals surface area contributed by atoms with E-state index in [0.29, 0.717) is 6.42 Å². The summed E-state index contributed by atoms with van der Waals surface area (Å²) in [7, 11) is 1.74. The molecule has 1 heterocycles. The average molecular weight is 210 g/mol. The monoisotopic (exact) mass is 210 g/mol. The highest BCUT2D eigenvalue weighted by Gasteiger charge is 2.38. The molecule has 1 aromatic heterocycles. The molecule has 0 aliphatic heterocycles. The number of aliphatic hydroxyl groups is 1. The van der Waals surface area contributed by atoms with Crippen molar-refractivity contribution >= 4 is 0 Å². The van der Waals surface area contributed by atoms with Crippen LogP contribution in [0.3, 0.4) is 0 Å². The lowest BCUT2D eigenvalue weighted by Gasteiger charge is -2.41. The van der Waals surface area contributed by atoms with Crippen molar-refractivity contribution in [1.29, 1.82) is 0 Å². The summed E-state index contributed by atoms with van der Waals surface area (Å²) in [5.41, 5.74) is 0.997. The summed E-state index contributed by atoms with van der Waals surface area (Å²) in [5, 5.41) is 9.93. The van der Waals surface area contributed by atoms with Gasteiger partial charge in [-0.05, 0) is 30.9 Å². The van der Waals surface area contributed by atoms with Gasteiger partial charge in [0.25, 0.3) is 0 Å². The zero-order valence-corrected chi connectivity index (χ0v) is 9.11. The number of ether oxygens (including phenoxy) is 1. The van der Waals surface area contributed by atoms with Crippen molar-refractivity contribution in [3.8, 4) is 0 Å². The Hall–Kier alpha value is -0.800. The van der Waals surface area contributed by atoms with Gasteiger partial charge in [0.05, 0.1) is 24.2 Å². The Balaban J connectivity index is 1.84. The number of hydrogen-bond donors (Lipinski definition) is 1. The fourth-order valence-corrected chi connectivity index (χ4v) is 2.25. The van der Waals surface area contributed by atoms with Gasteiger partial charge >= 0.3 is 0 Å². The molecule has 15 heavy (non-hydrogen) atoms. The second kappa shape index (κ2) is 4.37. The van der Waals surface area contributed by atoms with E-state index in [-0.39, 0.29) is 11.7 Å². The minimum absolute atomic E-state index is 0.0524. The van der Waals surface area contributed by atoms with Crippen molar-refractivity contribution in [3.05, 3.63) is 24.2 Å². The van der Waals surface area contributed by atoms with Crippen LogP contribution in [-0.4, -0.2) is 23.9 Å². The van der Waals surface area contributed by atoms with Crippen molar-refractivity contribution in [1.82, 2.24) is 0 Å². The van der Waals surface area contributed by atoms with Gasteiger partial charge in [0.2, 0.25) is 0 Å². The van der Waals surface area contributed by atoms with Crippen molar-refractivity contribution in [3.63, 3.8) is 0 Å². The van der Waals surface area contributed by atoms with Gasteiger partial charge in [-0.3, -0.25) is 0 Å². The van der Waals surface area contributed by atoms with Gasteiger partial charge in [0, 0.05) is 20.0 Å². The Morgan fingerprint density at radius 3 is 2.87 bits per heavy atom. The Kier molecular flexibility index (Phi) is 3.12. The minimum Gasteiger partial charge on any atom is -0.472 e.